The summed E-state index contributed by atoms with van der Waals surface area (Å²) in [5.41, 5.74) is 0.529. The van der Waals surface area contributed by atoms with Gasteiger partial charge >= 0.3 is 0 Å². The summed E-state index contributed by atoms with van der Waals surface area (Å²) in [4.78, 5) is 12.9. The lowest BCUT2D eigenvalue weighted by molar-refractivity contribution is -0.354. The van der Waals surface area contributed by atoms with Gasteiger partial charge in [0, 0.05) is 12.1 Å². The maximum absolute atomic E-state index is 12.9. The predicted molar refractivity (Wildman–Crippen MR) is 134 cm³/mol. The molecule has 0 spiro atoms. The molecule has 2 saturated heterocycles. The highest BCUT2D eigenvalue weighted by Gasteiger charge is 2.51. The summed E-state index contributed by atoms with van der Waals surface area (Å²) in [6, 6.07) is 8.50. The predicted octanol–water partition coefficient (Wildman–Crippen LogP) is -1.17. The number of aromatic hydroxyl groups is 2. The minimum Gasteiger partial charge on any atom is -0.508 e. The van der Waals surface area contributed by atoms with Crippen LogP contribution in [-0.2, 0) is 14.2 Å². The lowest BCUT2D eigenvalue weighted by Crippen LogP contribution is -2.64. The van der Waals surface area contributed by atoms with Gasteiger partial charge < -0.3 is 64.5 Å². The first-order valence-corrected chi connectivity index (χ1v) is 13.0. The summed E-state index contributed by atoms with van der Waals surface area (Å²) in [6.45, 7) is 0.716. The number of rotatable bonds is 6. The van der Waals surface area contributed by atoms with Crippen molar-refractivity contribution < 1.29 is 69.3 Å². The lowest BCUT2D eigenvalue weighted by Gasteiger charge is -2.45. The van der Waals surface area contributed by atoms with Gasteiger partial charge in [0.15, 0.2) is 18.2 Å². The van der Waals surface area contributed by atoms with Crippen molar-refractivity contribution in [3.8, 4) is 23.0 Å². The SMILES string of the molecule is C[C@H]1O[C@@H](O[C@@H]2[C@H](Oc3cc(O)c4c(c3)OC(c3ccc(O)cc3)CC4=O)O[C@@H](CO)[C@H](O)[C@H]2O)[C@@H](O)[C@@H](O)[C@@H]1O. The molecule has 0 radical (unpaired) electrons. The van der Waals surface area contributed by atoms with Gasteiger partial charge in [0.05, 0.1) is 19.1 Å². The van der Waals surface area contributed by atoms with E-state index in [4.69, 9.17) is 23.7 Å². The summed E-state index contributed by atoms with van der Waals surface area (Å²) in [5.74, 6) is -0.947. The average molecular weight is 581 g/mol. The average Bonchev–Trinajstić information content (AvgIpc) is 2.94. The highest BCUT2D eigenvalue weighted by Crippen LogP contribution is 2.43. The molecular formula is C27H32O14. The molecule has 2 aromatic rings. The Kier molecular flexibility index (Phi) is 8.39. The van der Waals surface area contributed by atoms with Crippen molar-refractivity contribution in [3.63, 3.8) is 0 Å². The summed E-state index contributed by atoms with van der Waals surface area (Å²) in [7, 11) is 0. The normalized spacial score (nSPS) is 37.2. The van der Waals surface area contributed by atoms with Crippen molar-refractivity contribution >= 4 is 5.78 Å². The van der Waals surface area contributed by atoms with Crippen LogP contribution in [0, 0.1) is 0 Å². The van der Waals surface area contributed by atoms with Gasteiger partial charge in [-0.1, -0.05) is 12.1 Å². The highest BCUT2D eigenvalue weighted by molar-refractivity contribution is 6.02. The molecule has 3 heterocycles. The van der Waals surface area contributed by atoms with Gasteiger partial charge in [0.2, 0.25) is 6.29 Å². The lowest BCUT2D eigenvalue weighted by atomic mass is 9.95. The number of aliphatic hydroxyl groups excluding tert-OH is 6. The van der Waals surface area contributed by atoms with Crippen molar-refractivity contribution in [1.29, 1.82) is 0 Å². The van der Waals surface area contributed by atoms with Crippen LogP contribution in [0.3, 0.4) is 0 Å². The molecule has 14 heteroatoms. The number of phenols is 2. The monoisotopic (exact) mass is 580 g/mol. The summed E-state index contributed by atoms with van der Waals surface area (Å²) >= 11 is 0. The van der Waals surface area contributed by atoms with Crippen LogP contribution >= 0.6 is 0 Å². The Hall–Kier alpha value is -3.05. The number of benzene rings is 2. The van der Waals surface area contributed by atoms with Gasteiger partial charge in [-0.2, -0.15) is 0 Å². The molecular weight excluding hydrogens is 548 g/mol. The van der Waals surface area contributed by atoms with Crippen LogP contribution in [0.2, 0.25) is 0 Å². The first-order chi connectivity index (χ1) is 19.5. The van der Waals surface area contributed by atoms with E-state index in [0.717, 1.165) is 6.07 Å². The number of Topliss-reactive ketones (excluding diaryl/α,β-unsaturated/α-hetero) is 1. The Morgan fingerprint density at radius 3 is 2.27 bits per heavy atom. The maximum Gasteiger partial charge on any atom is 0.229 e. The van der Waals surface area contributed by atoms with Crippen LogP contribution in [0.1, 0.15) is 35.4 Å². The second-order valence-corrected chi connectivity index (χ2v) is 10.2. The molecule has 0 aliphatic carbocycles. The molecule has 3 aliphatic rings. The molecule has 0 amide bonds. The summed E-state index contributed by atoms with van der Waals surface area (Å²) in [6.07, 6.45) is -16.0. The second kappa shape index (κ2) is 11.7. The van der Waals surface area contributed by atoms with Crippen molar-refractivity contribution in [2.24, 2.45) is 0 Å². The molecule has 11 atom stereocenters. The third kappa shape index (κ3) is 5.70. The van der Waals surface area contributed by atoms with Crippen LogP contribution in [0.5, 0.6) is 23.0 Å². The smallest absolute Gasteiger partial charge is 0.229 e. The quantitative estimate of drug-likeness (QED) is 0.202. The number of hydrogen-bond donors (Lipinski definition) is 8. The van der Waals surface area contributed by atoms with Gasteiger partial charge in [-0.3, -0.25) is 4.79 Å². The number of hydrogen-bond acceptors (Lipinski definition) is 14. The maximum atomic E-state index is 12.9. The molecule has 8 N–H and O–H groups in total. The van der Waals surface area contributed by atoms with Crippen molar-refractivity contribution in [2.45, 2.75) is 80.9 Å². The minimum absolute atomic E-state index is 0.0149. The first kappa shape index (κ1) is 29.4. The Morgan fingerprint density at radius 1 is 0.878 bits per heavy atom. The van der Waals surface area contributed by atoms with Crippen molar-refractivity contribution in [1.82, 2.24) is 0 Å². The summed E-state index contributed by atoms with van der Waals surface area (Å²) in [5, 5.41) is 81.6. The first-order valence-electron chi connectivity index (χ1n) is 13.0. The largest absolute Gasteiger partial charge is 0.508 e. The second-order valence-electron chi connectivity index (χ2n) is 10.2. The van der Waals surface area contributed by atoms with Crippen LogP contribution in [-0.4, -0.2) is 115 Å². The number of ketones is 1. The van der Waals surface area contributed by atoms with E-state index in [-0.39, 0.29) is 29.2 Å². The van der Waals surface area contributed by atoms with E-state index in [2.05, 4.69) is 0 Å². The molecule has 2 fully saturated rings. The number of ether oxygens (including phenoxy) is 5. The molecule has 14 nitrogen and oxygen atoms in total. The van der Waals surface area contributed by atoms with Crippen LogP contribution in [0.25, 0.3) is 0 Å². The van der Waals surface area contributed by atoms with Gasteiger partial charge in [0.1, 0.15) is 71.3 Å². The fourth-order valence-corrected chi connectivity index (χ4v) is 5.07. The van der Waals surface area contributed by atoms with E-state index in [9.17, 15) is 45.6 Å². The zero-order valence-corrected chi connectivity index (χ0v) is 21.8. The van der Waals surface area contributed by atoms with Crippen molar-refractivity contribution in [3.05, 3.63) is 47.5 Å². The molecule has 0 bridgehead atoms. The third-order valence-corrected chi connectivity index (χ3v) is 7.42. The molecule has 1 unspecified atom stereocenters. The Labute approximate surface area is 233 Å². The number of carbonyl (C=O) groups excluding carboxylic acids is 1. The third-order valence-electron chi connectivity index (χ3n) is 7.42. The molecule has 0 saturated carbocycles. The van der Waals surface area contributed by atoms with Gasteiger partial charge in [-0.25, -0.2) is 0 Å². The molecule has 5 rings (SSSR count). The Morgan fingerprint density at radius 2 is 1.59 bits per heavy atom. The molecule has 0 aromatic heterocycles. The topological polar surface area (TPSA) is 225 Å². The van der Waals surface area contributed by atoms with Gasteiger partial charge in [-0.05, 0) is 24.6 Å². The van der Waals surface area contributed by atoms with E-state index in [1.54, 1.807) is 12.1 Å². The standard InChI is InChI=1S/C27H32O14/c1-10-20(32)22(34)24(36)26(37-10)41-25-23(35)21(33)18(9-28)40-27(25)38-13-6-14(30)19-15(31)8-16(39-17(19)7-13)11-2-4-12(29)5-3-11/h2-7,10,16,18,20-30,32-36H,8-9H2,1H3/t10-,16?,18+,20-,21+,22+,23-,24+,25+,26+,27-/m1/s1. The Bertz CT molecular complexity index is 1240. The van der Waals surface area contributed by atoms with Crippen molar-refractivity contribution in [2.75, 3.05) is 6.61 Å². The molecule has 2 aromatic carbocycles. The molecule has 3 aliphatic heterocycles. The number of carbonyl (C=O) groups is 1. The van der Waals surface area contributed by atoms with Crippen LogP contribution in [0.4, 0.5) is 0 Å². The zero-order valence-electron chi connectivity index (χ0n) is 21.8. The van der Waals surface area contributed by atoms with E-state index < -0.39 is 85.7 Å². The number of phenolic OH excluding ortho intramolecular Hbond substituents is 2. The number of aliphatic hydroxyl groups is 6. The van der Waals surface area contributed by atoms with E-state index in [0.29, 0.717) is 5.56 Å². The molecule has 224 valence electrons. The molecule has 41 heavy (non-hydrogen) atoms. The van der Waals surface area contributed by atoms with E-state index in [1.807, 2.05) is 0 Å². The minimum atomic E-state index is -1.75. The fraction of sp³-hybridized carbons (Fsp3) is 0.519. The zero-order chi connectivity index (χ0) is 29.6. The van der Waals surface area contributed by atoms with E-state index >= 15 is 0 Å². The fourth-order valence-electron chi connectivity index (χ4n) is 5.07. The Balaban J connectivity index is 1.41. The van der Waals surface area contributed by atoms with Gasteiger partial charge in [-0.15, -0.1) is 0 Å². The van der Waals surface area contributed by atoms with E-state index in [1.165, 1.54) is 25.1 Å². The number of fused-ring (bicyclic) bond motifs is 1. The highest BCUT2D eigenvalue weighted by atomic mass is 16.8. The summed E-state index contributed by atoms with van der Waals surface area (Å²) < 4.78 is 28.6. The van der Waals surface area contributed by atoms with Crippen LogP contribution < -0.4 is 9.47 Å². The van der Waals surface area contributed by atoms with Crippen LogP contribution in [0.15, 0.2) is 36.4 Å². The van der Waals surface area contributed by atoms with Gasteiger partial charge in [0.25, 0.3) is 0 Å².